The zero-order valence-corrected chi connectivity index (χ0v) is 12.9. The van der Waals surface area contributed by atoms with Crippen molar-refractivity contribution in [3.8, 4) is 0 Å². The fourth-order valence-corrected chi connectivity index (χ4v) is 2.75. The third kappa shape index (κ3) is 2.76. The Bertz CT molecular complexity index is 799. The Hall–Kier alpha value is -2.38. The van der Waals surface area contributed by atoms with Gasteiger partial charge in [-0.25, -0.2) is 17.6 Å². The molecule has 0 atom stereocenters. The molecule has 0 unspecified atom stereocenters. The number of aromatic nitrogens is 2. The first-order chi connectivity index (χ1) is 11.4. The number of benzene rings is 1. The molecule has 1 saturated carbocycles. The summed E-state index contributed by atoms with van der Waals surface area (Å²) in [5, 5.41) is 6.55. The van der Waals surface area contributed by atoms with E-state index in [2.05, 4.69) is 10.4 Å². The molecule has 24 heavy (non-hydrogen) atoms. The summed E-state index contributed by atoms with van der Waals surface area (Å²) >= 11 is 0. The van der Waals surface area contributed by atoms with Gasteiger partial charge in [-0.1, -0.05) is 6.42 Å². The first kappa shape index (κ1) is 16.5. The minimum Gasteiger partial charge on any atom is -0.346 e. The molecule has 0 aliphatic heterocycles. The number of hydrogen-bond acceptors (Lipinski definition) is 2. The van der Waals surface area contributed by atoms with E-state index in [4.69, 9.17) is 0 Å². The lowest BCUT2D eigenvalue weighted by molar-refractivity contribution is 0.0943. The predicted molar refractivity (Wildman–Crippen MR) is 77.2 cm³/mol. The van der Waals surface area contributed by atoms with Crippen LogP contribution in [-0.2, 0) is 13.6 Å². The fourth-order valence-electron chi connectivity index (χ4n) is 2.75. The Labute approximate surface area is 135 Å². The molecule has 8 heteroatoms. The van der Waals surface area contributed by atoms with Gasteiger partial charge in [0.2, 0.25) is 0 Å². The Kier molecular flexibility index (Phi) is 4.29. The highest BCUT2D eigenvalue weighted by molar-refractivity contribution is 5.94. The number of nitrogens with zero attached hydrogens (tertiary/aromatic N) is 2. The molecule has 3 rings (SSSR count). The molecular formula is C16H15F4N3O. The molecule has 128 valence electrons. The van der Waals surface area contributed by atoms with E-state index < -0.39 is 34.7 Å². The van der Waals surface area contributed by atoms with Crippen molar-refractivity contribution < 1.29 is 22.4 Å². The fraction of sp³-hybridized carbons (Fsp3) is 0.375. The molecule has 4 nitrogen and oxygen atoms in total. The van der Waals surface area contributed by atoms with Crippen LogP contribution >= 0.6 is 0 Å². The molecule has 1 N–H and O–H groups in total. The second kappa shape index (κ2) is 6.26. The number of aryl methyl sites for hydroxylation is 1. The second-order valence-electron chi connectivity index (χ2n) is 5.83. The van der Waals surface area contributed by atoms with Crippen molar-refractivity contribution in [1.29, 1.82) is 0 Å². The first-order valence-corrected chi connectivity index (χ1v) is 7.52. The quantitative estimate of drug-likeness (QED) is 0.527. The number of rotatable bonds is 4. The van der Waals surface area contributed by atoms with Crippen LogP contribution in [0.3, 0.4) is 0 Å². The molecule has 0 saturated heterocycles. The Morgan fingerprint density at radius 3 is 2.58 bits per heavy atom. The van der Waals surface area contributed by atoms with E-state index in [0.29, 0.717) is 12.0 Å². The molecule has 0 spiro atoms. The van der Waals surface area contributed by atoms with Crippen LogP contribution < -0.4 is 5.32 Å². The van der Waals surface area contributed by atoms with Crippen LogP contribution in [0.1, 0.15) is 46.8 Å². The molecule has 1 aliphatic carbocycles. The van der Waals surface area contributed by atoms with Crippen LogP contribution in [-0.4, -0.2) is 15.7 Å². The van der Waals surface area contributed by atoms with Gasteiger partial charge in [0.1, 0.15) is 0 Å². The lowest BCUT2D eigenvalue weighted by atomic mass is 9.80. The molecule has 1 aromatic carbocycles. The number of halogens is 4. The molecular weight excluding hydrogens is 326 g/mol. The average molecular weight is 341 g/mol. The maximum atomic E-state index is 13.6. The molecule has 0 radical (unpaired) electrons. The molecule has 1 amide bonds. The van der Waals surface area contributed by atoms with E-state index >= 15 is 0 Å². The summed E-state index contributed by atoms with van der Waals surface area (Å²) in [5.41, 5.74) is 0.872. The van der Waals surface area contributed by atoms with Gasteiger partial charge in [0.25, 0.3) is 5.91 Å². The summed E-state index contributed by atoms with van der Waals surface area (Å²) < 4.78 is 54.6. The maximum absolute atomic E-state index is 13.6. The number of nitrogens with one attached hydrogen (secondary N) is 1. The molecule has 2 aromatic rings. The van der Waals surface area contributed by atoms with Crippen LogP contribution in [0.2, 0.25) is 0 Å². The zero-order chi connectivity index (χ0) is 17.4. The SMILES string of the molecule is Cn1ncc(C2CCC2)c1CNC(=O)c1cc(F)c(F)c(F)c1F. The standard InChI is InChI=1S/C16H15F4N3O/c1-23-12(10(6-22-23)8-3-2-4-8)7-21-16(24)9-5-11(17)14(19)15(20)13(9)18/h5-6,8H,2-4,7H2,1H3,(H,21,24). The van der Waals surface area contributed by atoms with Crippen LogP contribution in [0.25, 0.3) is 0 Å². The van der Waals surface area contributed by atoms with Gasteiger partial charge >= 0.3 is 0 Å². The lowest BCUT2D eigenvalue weighted by Crippen LogP contribution is -2.27. The third-order valence-corrected chi connectivity index (χ3v) is 4.40. The van der Waals surface area contributed by atoms with E-state index in [-0.39, 0.29) is 6.54 Å². The van der Waals surface area contributed by atoms with Crippen molar-refractivity contribution in [1.82, 2.24) is 15.1 Å². The number of hydrogen-bond donors (Lipinski definition) is 1. The summed E-state index contributed by atoms with van der Waals surface area (Å²) in [4.78, 5) is 12.0. The van der Waals surface area contributed by atoms with Gasteiger partial charge in [-0.15, -0.1) is 0 Å². The van der Waals surface area contributed by atoms with Crippen LogP contribution in [0.15, 0.2) is 12.3 Å². The van der Waals surface area contributed by atoms with Crippen molar-refractivity contribution in [2.45, 2.75) is 31.7 Å². The smallest absolute Gasteiger partial charge is 0.254 e. The van der Waals surface area contributed by atoms with E-state index in [1.165, 1.54) is 0 Å². The Morgan fingerprint density at radius 1 is 1.25 bits per heavy atom. The highest BCUT2D eigenvalue weighted by Gasteiger charge is 2.26. The molecule has 1 fully saturated rings. The van der Waals surface area contributed by atoms with Gasteiger partial charge < -0.3 is 5.32 Å². The van der Waals surface area contributed by atoms with Gasteiger partial charge in [-0.3, -0.25) is 9.48 Å². The van der Waals surface area contributed by atoms with Gasteiger partial charge in [0, 0.05) is 7.05 Å². The number of carbonyl (C=O) groups excluding carboxylic acids is 1. The van der Waals surface area contributed by atoms with Gasteiger partial charge in [-0.2, -0.15) is 5.10 Å². The Balaban J connectivity index is 1.79. The summed E-state index contributed by atoms with van der Waals surface area (Å²) in [6, 6.07) is 0.346. The van der Waals surface area contributed by atoms with Crippen molar-refractivity contribution in [2.24, 2.45) is 7.05 Å². The largest absolute Gasteiger partial charge is 0.346 e. The molecule has 0 bridgehead atoms. The summed E-state index contributed by atoms with van der Waals surface area (Å²) in [7, 11) is 1.71. The Morgan fingerprint density at radius 2 is 1.96 bits per heavy atom. The molecule has 1 heterocycles. The van der Waals surface area contributed by atoms with Crippen LogP contribution in [0.5, 0.6) is 0 Å². The van der Waals surface area contributed by atoms with Gasteiger partial charge in [-0.05, 0) is 30.4 Å². The second-order valence-corrected chi connectivity index (χ2v) is 5.83. The van der Waals surface area contributed by atoms with Crippen molar-refractivity contribution >= 4 is 5.91 Å². The average Bonchev–Trinajstić information content (AvgIpc) is 2.85. The minimum absolute atomic E-state index is 0.0290. The number of amides is 1. The number of carbonyl (C=O) groups is 1. The highest BCUT2D eigenvalue weighted by Crippen LogP contribution is 2.37. The topological polar surface area (TPSA) is 46.9 Å². The maximum Gasteiger partial charge on any atom is 0.254 e. The van der Waals surface area contributed by atoms with Crippen molar-refractivity contribution in [3.63, 3.8) is 0 Å². The van der Waals surface area contributed by atoms with Gasteiger partial charge in [0.15, 0.2) is 23.3 Å². The summed E-state index contributed by atoms with van der Waals surface area (Å²) in [5.74, 6) is -7.92. The third-order valence-electron chi connectivity index (χ3n) is 4.40. The van der Waals surface area contributed by atoms with E-state index in [1.807, 2.05) is 0 Å². The van der Waals surface area contributed by atoms with E-state index in [1.54, 1.807) is 17.9 Å². The van der Waals surface area contributed by atoms with Crippen LogP contribution in [0, 0.1) is 23.3 Å². The molecule has 1 aromatic heterocycles. The summed E-state index contributed by atoms with van der Waals surface area (Å²) in [6.45, 7) is 0.0290. The van der Waals surface area contributed by atoms with Crippen molar-refractivity contribution in [2.75, 3.05) is 0 Å². The highest BCUT2D eigenvalue weighted by atomic mass is 19.2. The molecule has 1 aliphatic rings. The van der Waals surface area contributed by atoms with Gasteiger partial charge in [0.05, 0.1) is 24.0 Å². The van der Waals surface area contributed by atoms with Crippen LogP contribution in [0.4, 0.5) is 17.6 Å². The van der Waals surface area contributed by atoms with E-state index in [0.717, 1.165) is 30.5 Å². The zero-order valence-electron chi connectivity index (χ0n) is 12.9. The van der Waals surface area contributed by atoms with Crippen molar-refractivity contribution in [3.05, 3.63) is 52.4 Å². The lowest BCUT2D eigenvalue weighted by Gasteiger charge is -2.25. The predicted octanol–water partition coefficient (Wildman–Crippen LogP) is 3.17. The normalized spacial score (nSPS) is 14.5. The monoisotopic (exact) mass is 341 g/mol. The minimum atomic E-state index is -2.00. The first-order valence-electron chi connectivity index (χ1n) is 7.52. The van der Waals surface area contributed by atoms with E-state index in [9.17, 15) is 22.4 Å². The summed E-state index contributed by atoms with van der Waals surface area (Å²) in [6.07, 6.45) is 4.93.